The van der Waals surface area contributed by atoms with Gasteiger partial charge in [0.2, 0.25) is 0 Å². The van der Waals surface area contributed by atoms with Crippen LogP contribution in [0.4, 0.5) is 0 Å². The van der Waals surface area contributed by atoms with E-state index in [4.69, 9.17) is 0 Å². The van der Waals surface area contributed by atoms with Gasteiger partial charge in [-0.2, -0.15) is 0 Å². The molecular weight excluding hydrogens is 144 g/mol. The van der Waals surface area contributed by atoms with Gasteiger partial charge in [0, 0.05) is 22.3 Å². The van der Waals surface area contributed by atoms with Crippen LogP contribution in [0, 0.1) is 0 Å². The molecule has 1 saturated carbocycles. The van der Waals surface area contributed by atoms with Gasteiger partial charge in [-0.05, 0) is 12.8 Å². The summed E-state index contributed by atoms with van der Waals surface area (Å²) in [4.78, 5) is 0. The molecule has 1 fully saturated rings. The van der Waals surface area contributed by atoms with Gasteiger partial charge in [0.15, 0.2) is 0 Å². The molecule has 0 N–H and O–H groups in total. The second-order valence-electron chi connectivity index (χ2n) is 3.11. The Kier molecular flexibility index (Phi) is 3.40. The first kappa shape index (κ1) is 8.25. The lowest BCUT2D eigenvalue weighted by Crippen LogP contribution is -2.11. The molecule has 0 amide bonds. The molecule has 10 heavy (non-hydrogen) atoms. The van der Waals surface area contributed by atoms with Crippen LogP contribution in [0.2, 0.25) is 0 Å². The van der Waals surface area contributed by atoms with Gasteiger partial charge < -0.3 is 0 Å². The lowest BCUT2D eigenvalue weighted by Gasteiger charge is -2.08. The third kappa shape index (κ3) is 2.41. The number of hydrogen-bond donors (Lipinski definition) is 0. The molecule has 0 aromatic carbocycles. The largest absolute Gasteiger partial charge is 0.260 e. The van der Waals surface area contributed by atoms with Gasteiger partial charge >= 0.3 is 0 Å². The van der Waals surface area contributed by atoms with Crippen LogP contribution in [0.15, 0.2) is 0 Å². The van der Waals surface area contributed by atoms with E-state index in [0.29, 0.717) is 5.25 Å². The lowest BCUT2D eigenvalue weighted by atomic mass is 10.2. The van der Waals surface area contributed by atoms with E-state index in [2.05, 4.69) is 0 Å². The summed E-state index contributed by atoms with van der Waals surface area (Å²) in [5.74, 6) is 0. The second kappa shape index (κ2) is 4.12. The molecule has 1 nitrogen and oxygen atoms in total. The van der Waals surface area contributed by atoms with Gasteiger partial charge in [0.1, 0.15) is 0 Å². The Labute approximate surface area is 65.7 Å². The minimum Gasteiger partial charge on any atom is -0.260 e. The summed E-state index contributed by atoms with van der Waals surface area (Å²) in [6, 6.07) is 0. The van der Waals surface area contributed by atoms with Crippen molar-refractivity contribution in [2.45, 2.75) is 43.8 Å². The zero-order valence-electron chi connectivity index (χ0n) is 6.64. The van der Waals surface area contributed by atoms with Gasteiger partial charge in [0.25, 0.3) is 0 Å². The first-order valence-electron chi connectivity index (χ1n) is 4.13. The highest BCUT2D eigenvalue weighted by atomic mass is 32.2. The zero-order chi connectivity index (χ0) is 7.40. The van der Waals surface area contributed by atoms with Crippen LogP contribution in [0.25, 0.3) is 0 Å². The first-order chi connectivity index (χ1) is 4.80. The maximum atomic E-state index is 11.1. The Balaban J connectivity index is 2.35. The summed E-state index contributed by atoms with van der Waals surface area (Å²) >= 11 is 0. The normalized spacial score (nSPS) is 25.7. The molecule has 0 saturated heterocycles. The Morgan fingerprint density at radius 2 is 1.60 bits per heavy atom. The minimum atomic E-state index is -0.563. The molecule has 0 spiro atoms. The van der Waals surface area contributed by atoms with E-state index >= 15 is 0 Å². The zero-order valence-corrected chi connectivity index (χ0v) is 7.45. The second-order valence-corrected chi connectivity index (χ2v) is 4.78. The molecule has 0 heterocycles. The van der Waals surface area contributed by atoms with Crippen LogP contribution in [-0.4, -0.2) is 15.7 Å². The van der Waals surface area contributed by atoms with E-state index in [-0.39, 0.29) is 0 Å². The smallest absolute Gasteiger partial charge is 0.0345 e. The first-order valence-corrected chi connectivity index (χ1v) is 5.75. The molecule has 0 aliphatic heterocycles. The number of hydrogen-bond acceptors (Lipinski definition) is 1. The number of rotatable bonds is 1. The maximum absolute atomic E-state index is 11.1. The monoisotopic (exact) mass is 160 g/mol. The molecule has 1 aliphatic carbocycles. The van der Waals surface area contributed by atoms with Crippen LogP contribution in [0.3, 0.4) is 0 Å². The Morgan fingerprint density at radius 1 is 1.10 bits per heavy atom. The predicted molar refractivity (Wildman–Crippen MR) is 45.6 cm³/mol. The van der Waals surface area contributed by atoms with E-state index in [1.165, 1.54) is 38.5 Å². The van der Waals surface area contributed by atoms with E-state index in [9.17, 15) is 4.21 Å². The fourth-order valence-electron chi connectivity index (χ4n) is 1.57. The highest BCUT2D eigenvalue weighted by Crippen LogP contribution is 2.20. The molecule has 1 unspecified atom stereocenters. The summed E-state index contributed by atoms with van der Waals surface area (Å²) in [5.41, 5.74) is 0. The molecule has 1 atom stereocenters. The summed E-state index contributed by atoms with van der Waals surface area (Å²) < 4.78 is 11.1. The average Bonchev–Trinajstić information content (AvgIpc) is 2.12. The highest BCUT2D eigenvalue weighted by molar-refractivity contribution is 7.84. The summed E-state index contributed by atoms with van der Waals surface area (Å²) in [6.45, 7) is 0. The minimum absolute atomic E-state index is 0.516. The van der Waals surface area contributed by atoms with Crippen LogP contribution in [0.1, 0.15) is 38.5 Å². The quantitative estimate of drug-likeness (QED) is 0.537. The third-order valence-electron chi connectivity index (χ3n) is 2.27. The van der Waals surface area contributed by atoms with Crippen molar-refractivity contribution < 1.29 is 4.21 Å². The van der Waals surface area contributed by atoms with Crippen molar-refractivity contribution in [1.29, 1.82) is 0 Å². The van der Waals surface area contributed by atoms with Gasteiger partial charge in [-0.3, -0.25) is 4.21 Å². The molecule has 60 valence electrons. The van der Waals surface area contributed by atoms with Gasteiger partial charge in [-0.1, -0.05) is 25.7 Å². The van der Waals surface area contributed by atoms with E-state index < -0.39 is 10.8 Å². The van der Waals surface area contributed by atoms with Crippen molar-refractivity contribution in [3.8, 4) is 0 Å². The fraction of sp³-hybridized carbons (Fsp3) is 1.00. The predicted octanol–water partition coefficient (Wildman–Crippen LogP) is 2.09. The topological polar surface area (TPSA) is 17.1 Å². The molecule has 0 radical (unpaired) electrons. The van der Waals surface area contributed by atoms with Crippen LogP contribution in [-0.2, 0) is 10.8 Å². The third-order valence-corrected chi connectivity index (χ3v) is 3.68. The Morgan fingerprint density at radius 3 is 2.00 bits per heavy atom. The molecule has 0 bridgehead atoms. The maximum Gasteiger partial charge on any atom is 0.0345 e. The lowest BCUT2D eigenvalue weighted by molar-refractivity contribution is 0.646. The van der Waals surface area contributed by atoms with Crippen molar-refractivity contribution in [3.05, 3.63) is 0 Å². The van der Waals surface area contributed by atoms with Gasteiger partial charge in [-0.15, -0.1) is 0 Å². The van der Waals surface area contributed by atoms with Crippen LogP contribution in [0.5, 0.6) is 0 Å². The molecule has 0 aromatic heterocycles. The van der Waals surface area contributed by atoms with E-state index in [1.807, 2.05) is 6.26 Å². The summed E-state index contributed by atoms with van der Waals surface area (Å²) in [7, 11) is -0.563. The summed E-state index contributed by atoms with van der Waals surface area (Å²) in [6.07, 6.45) is 9.54. The SMILES string of the molecule is CS(=O)C1CCCCCC1. The van der Waals surface area contributed by atoms with E-state index in [0.717, 1.165) is 0 Å². The van der Waals surface area contributed by atoms with Crippen molar-refractivity contribution in [1.82, 2.24) is 0 Å². The average molecular weight is 160 g/mol. The molecular formula is C8H16OS. The van der Waals surface area contributed by atoms with Crippen molar-refractivity contribution in [2.24, 2.45) is 0 Å². The molecule has 2 heteroatoms. The van der Waals surface area contributed by atoms with Crippen LogP contribution < -0.4 is 0 Å². The van der Waals surface area contributed by atoms with Gasteiger partial charge in [0.05, 0.1) is 0 Å². The molecule has 1 aliphatic rings. The van der Waals surface area contributed by atoms with E-state index in [1.54, 1.807) is 0 Å². The van der Waals surface area contributed by atoms with Crippen molar-refractivity contribution >= 4 is 10.8 Å². The Hall–Kier alpha value is 0.150. The van der Waals surface area contributed by atoms with Gasteiger partial charge in [-0.25, -0.2) is 0 Å². The Bertz CT molecular complexity index is 114. The molecule has 1 rings (SSSR count). The fourth-order valence-corrected chi connectivity index (χ4v) is 2.57. The van der Waals surface area contributed by atoms with Crippen molar-refractivity contribution in [2.75, 3.05) is 6.26 Å². The van der Waals surface area contributed by atoms with Crippen molar-refractivity contribution in [3.63, 3.8) is 0 Å². The highest BCUT2D eigenvalue weighted by Gasteiger charge is 2.14. The standard InChI is InChI=1S/C8H16OS/c1-10(9)8-6-4-2-3-5-7-8/h8H,2-7H2,1H3. The van der Waals surface area contributed by atoms with Crippen LogP contribution >= 0.6 is 0 Å². The molecule has 0 aromatic rings. The summed E-state index contributed by atoms with van der Waals surface area (Å²) in [5, 5.41) is 0.516.